The molecule has 0 bridgehead atoms. The number of carbonyl (C=O) groups is 1. The molecular weight excluding hydrogens is 264 g/mol. The average molecular weight is 285 g/mol. The van der Waals surface area contributed by atoms with Crippen molar-refractivity contribution in [1.82, 2.24) is 14.9 Å². The first-order valence-corrected chi connectivity index (χ1v) is 6.72. The van der Waals surface area contributed by atoms with Gasteiger partial charge in [-0.05, 0) is 6.92 Å². The normalized spacial score (nSPS) is 10.7. The lowest BCUT2D eigenvalue weighted by Crippen LogP contribution is -2.37. The number of likely N-dealkylation sites (N-methyl/N-ethyl adjacent to an activating group) is 2. The molecule has 0 fully saturated rings. The fourth-order valence-electron chi connectivity index (χ4n) is 1.50. The maximum Gasteiger partial charge on any atom is 0.241 e. The molecule has 0 spiro atoms. The zero-order chi connectivity index (χ0) is 14.6. The number of aromatic nitrogens is 2. The molecule has 1 aromatic heterocycles. The Hall–Kier alpha value is -1.36. The number of anilines is 1. The molecule has 1 rings (SSSR count). The lowest BCUT2D eigenvalue weighted by molar-refractivity contribution is -0.127. The topological polar surface area (TPSA) is 49.3 Å². The van der Waals surface area contributed by atoms with Crippen molar-refractivity contribution in [2.24, 2.45) is 0 Å². The van der Waals surface area contributed by atoms with E-state index in [9.17, 15) is 4.79 Å². The van der Waals surface area contributed by atoms with E-state index in [1.165, 1.54) is 0 Å². The van der Waals surface area contributed by atoms with Crippen LogP contribution in [0, 0.1) is 0 Å². The van der Waals surface area contributed by atoms with E-state index >= 15 is 0 Å². The quantitative estimate of drug-likeness (QED) is 0.778. The van der Waals surface area contributed by atoms with Crippen LogP contribution in [0.1, 0.15) is 32.5 Å². The summed E-state index contributed by atoms with van der Waals surface area (Å²) < 4.78 is 0. The average Bonchev–Trinajstić information content (AvgIpc) is 2.34. The minimum atomic E-state index is 0.0303. The molecule has 0 atom stereocenters. The number of hydrogen-bond donors (Lipinski definition) is 0. The van der Waals surface area contributed by atoms with Gasteiger partial charge in [0.25, 0.3) is 0 Å². The largest absolute Gasteiger partial charge is 0.347 e. The first-order valence-electron chi connectivity index (χ1n) is 6.34. The summed E-state index contributed by atoms with van der Waals surface area (Å²) in [5, 5.41) is 0.407. The lowest BCUT2D eigenvalue weighted by Gasteiger charge is -2.23. The van der Waals surface area contributed by atoms with Crippen LogP contribution in [0.25, 0.3) is 0 Å². The third kappa shape index (κ3) is 4.35. The molecular formula is C13H21ClN4O. The molecule has 1 heterocycles. The van der Waals surface area contributed by atoms with Gasteiger partial charge in [0, 0.05) is 32.6 Å². The molecule has 1 aromatic rings. The third-order valence-corrected chi connectivity index (χ3v) is 2.94. The first-order chi connectivity index (χ1) is 8.85. The molecule has 0 saturated carbocycles. The monoisotopic (exact) mass is 284 g/mol. The van der Waals surface area contributed by atoms with Gasteiger partial charge in [-0.2, -0.15) is 0 Å². The fraction of sp³-hybridized carbons (Fsp3) is 0.615. The summed E-state index contributed by atoms with van der Waals surface area (Å²) in [7, 11) is 3.48. The van der Waals surface area contributed by atoms with Gasteiger partial charge in [-0.25, -0.2) is 9.97 Å². The Morgan fingerprint density at radius 2 is 2.00 bits per heavy atom. The Morgan fingerprint density at radius 3 is 2.47 bits per heavy atom. The van der Waals surface area contributed by atoms with Gasteiger partial charge in [0.15, 0.2) is 0 Å². The van der Waals surface area contributed by atoms with Gasteiger partial charge < -0.3 is 9.80 Å². The highest BCUT2D eigenvalue weighted by molar-refractivity contribution is 6.29. The Balaban J connectivity index is 3.01. The van der Waals surface area contributed by atoms with Gasteiger partial charge in [0.2, 0.25) is 5.91 Å². The molecule has 0 aliphatic carbocycles. The summed E-state index contributed by atoms with van der Waals surface area (Å²) >= 11 is 6.02. The van der Waals surface area contributed by atoms with E-state index < -0.39 is 0 Å². The Bertz CT molecular complexity index is 448. The van der Waals surface area contributed by atoms with Crippen molar-refractivity contribution >= 4 is 23.3 Å². The number of amides is 1. The molecule has 6 heteroatoms. The number of rotatable bonds is 5. The Kier molecular flexibility index (Phi) is 5.54. The van der Waals surface area contributed by atoms with Gasteiger partial charge >= 0.3 is 0 Å². The third-order valence-electron chi connectivity index (χ3n) is 2.75. The summed E-state index contributed by atoms with van der Waals surface area (Å²) in [6, 6.07) is 1.69. The van der Waals surface area contributed by atoms with E-state index in [0.717, 1.165) is 0 Å². The second kappa shape index (κ2) is 6.70. The number of nitrogens with zero attached hydrogens (tertiary/aromatic N) is 4. The highest BCUT2D eigenvalue weighted by Crippen LogP contribution is 2.19. The van der Waals surface area contributed by atoms with Crippen LogP contribution < -0.4 is 4.90 Å². The fourth-order valence-corrected chi connectivity index (χ4v) is 1.69. The van der Waals surface area contributed by atoms with Crippen LogP contribution in [0.2, 0.25) is 5.15 Å². The minimum absolute atomic E-state index is 0.0303. The Morgan fingerprint density at radius 1 is 1.37 bits per heavy atom. The zero-order valence-corrected chi connectivity index (χ0v) is 12.9. The standard InChI is InChI=1S/C13H21ClN4O/c1-6-18(8-12(19)17(4)5)11-7-10(14)15-13(16-11)9(2)3/h7,9H,6,8H2,1-5H3. The van der Waals surface area contributed by atoms with E-state index in [1.54, 1.807) is 25.1 Å². The summed E-state index contributed by atoms with van der Waals surface area (Å²) in [6.07, 6.45) is 0. The van der Waals surface area contributed by atoms with E-state index in [4.69, 9.17) is 11.6 Å². The molecule has 0 aliphatic rings. The van der Waals surface area contributed by atoms with E-state index in [2.05, 4.69) is 9.97 Å². The van der Waals surface area contributed by atoms with Crippen molar-refractivity contribution in [1.29, 1.82) is 0 Å². The van der Waals surface area contributed by atoms with Crippen LogP contribution >= 0.6 is 11.6 Å². The van der Waals surface area contributed by atoms with Crippen molar-refractivity contribution in [3.8, 4) is 0 Å². The smallest absolute Gasteiger partial charge is 0.241 e. The zero-order valence-electron chi connectivity index (χ0n) is 12.1. The molecule has 5 nitrogen and oxygen atoms in total. The van der Waals surface area contributed by atoms with E-state index in [0.29, 0.717) is 23.3 Å². The number of hydrogen-bond acceptors (Lipinski definition) is 4. The predicted octanol–water partition coefficient (Wildman–Crippen LogP) is 2.17. The van der Waals surface area contributed by atoms with Gasteiger partial charge in [-0.3, -0.25) is 4.79 Å². The second-order valence-corrected chi connectivity index (χ2v) is 5.25. The van der Waals surface area contributed by atoms with Crippen molar-refractivity contribution in [2.75, 3.05) is 32.1 Å². The maximum absolute atomic E-state index is 11.8. The predicted molar refractivity (Wildman–Crippen MR) is 77.7 cm³/mol. The summed E-state index contributed by atoms with van der Waals surface area (Å²) in [6.45, 7) is 6.97. The van der Waals surface area contributed by atoms with Crippen molar-refractivity contribution in [2.45, 2.75) is 26.7 Å². The van der Waals surface area contributed by atoms with Crippen molar-refractivity contribution in [3.63, 3.8) is 0 Å². The molecule has 19 heavy (non-hydrogen) atoms. The highest BCUT2D eigenvalue weighted by atomic mass is 35.5. The van der Waals surface area contributed by atoms with Crippen molar-refractivity contribution < 1.29 is 4.79 Å². The highest BCUT2D eigenvalue weighted by Gasteiger charge is 2.15. The minimum Gasteiger partial charge on any atom is -0.347 e. The van der Waals surface area contributed by atoms with Gasteiger partial charge in [0.1, 0.15) is 16.8 Å². The number of halogens is 1. The summed E-state index contributed by atoms with van der Waals surface area (Å²) in [5.41, 5.74) is 0. The molecule has 0 unspecified atom stereocenters. The van der Waals surface area contributed by atoms with Crippen LogP contribution in [-0.2, 0) is 4.79 Å². The molecule has 1 amide bonds. The molecule has 106 valence electrons. The summed E-state index contributed by atoms with van der Waals surface area (Å²) in [4.78, 5) is 23.9. The van der Waals surface area contributed by atoms with Crippen LogP contribution in [0.4, 0.5) is 5.82 Å². The van der Waals surface area contributed by atoms with E-state index in [-0.39, 0.29) is 18.4 Å². The number of carbonyl (C=O) groups excluding carboxylic acids is 1. The molecule has 0 N–H and O–H groups in total. The molecule has 0 saturated heterocycles. The first kappa shape index (κ1) is 15.7. The van der Waals surface area contributed by atoms with Crippen LogP contribution in [0.15, 0.2) is 6.07 Å². The molecule has 0 aromatic carbocycles. The lowest BCUT2D eigenvalue weighted by atomic mass is 10.2. The summed E-state index contributed by atoms with van der Waals surface area (Å²) in [5.74, 6) is 1.61. The van der Waals surface area contributed by atoms with Gasteiger partial charge in [0.05, 0.1) is 6.54 Å². The second-order valence-electron chi connectivity index (χ2n) is 4.86. The maximum atomic E-state index is 11.8. The van der Waals surface area contributed by atoms with Gasteiger partial charge in [-0.15, -0.1) is 0 Å². The van der Waals surface area contributed by atoms with Crippen LogP contribution in [0.5, 0.6) is 0 Å². The van der Waals surface area contributed by atoms with Crippen LogP contribution in [0.3, 0.4) is 0 Å². The van der Waals surface area contributed by atoms with Crippen molar-refractivity contribution in [3.05, 3.63) is 17.0 Å². The van der Waals surface area contributed by atoms with E-state index in [1.807, 2.05) is 25.7 Å². The Labute approximate surface area is 119 Å². The molecule has 0 aliphatic heterocycles. The SMILES string of the molecule is CCN(CC(=O)N(C)C)c1cc(Cl)nc(C(C)C)n1. The van der Waals surface area contributed by atoms with Crippen LogP contribution in [-0.4, -0.2) is 48.0 Å². The molecule has 0 radical (unpaired) electrons. The van der Waals surface area contributed by atoms with Gasteiger partial charge in [-0.1, -0.05) is 25.4 Å².